The average molecular weight is 395 g/mol. The van der Waals surface area contributed by atoms with Crippen LogP contribution in [0, 0.1) is 0 Å². The Morgan fingerprint density at radius 3 is 2.48 bits per heavy atom. The van der Waals surface area contributed by atoms with Crippen molar-refractivity contribution in [1.82, 2.24) is 15.2 Å². The highest BCUT2D eigenvalue weighted by molar-refractivity contribution is 7.90. The highest BCUT2D eigenvalue weighted by atomic mass is 32.2. The highest BCUT2D eigenvalue weighted by Crippen LogP contribution is 2.27. The second-order valence-corrected chi connectivity index (χ2v) is 7.10. The highest BCUT2D eigenvalue weighted by Gasteiger charge is 2.31. The molecule has 0 radical (unpaired) electrons. The molecule has 2 aromatic carbocycles. The van der Waals surface area contributed by atoms with Crippen molar-refractivity contribution in [3.8, 4) is 5.75 Å². The van der Waals surface area contributed by atoms with Gasteiger partial charge in [0, 0.05) is 6.20 Å². The van der Waals surface area contributed by atoms with Crippen LogP contribution in [0.15, 0.2) is 71.8 Å². The van der Waals surface area contributed by atoms with E-state index in [0.717, 1.165) is 22.7 Å². The quantitative estimate of drug-likeness (QED) is 0.813. The number of hydrogen-bond acceptors (Lipinski definition) is 5. The topological polar surface area (TPSA) is 87.7 Å². The molecule has 1 aliphatic heterocycles. The molecule has 2 N–H and O–H groups in total. The lowest BCUT2D eigenvalue weighted by atomic mass is 10.1. The van der Waals surface area contributed by atoms with Crippen LogP contribution in [0.25, 0.3) is 0 Å². The zero-order chi connectivity index (χ0) is 19.4. The van der Waals surface area contributed by atoms with E-state index in [-0.39, 0.29) is 0 Å². The Morgan fingerprint density at radius 2 is 1.78 bits per heavy atom. The van der Waals surface area contributed by atoms with Crippen molar-refractivity contribution in [3.05, 3.63) is 72.4 Å². The van der Waals surface area contributed by atoms with Crippen molar-refractivity contribution < 1.29 is 26.7 Å². The number of sulfonamides is 1. The van der Waals surface area contributed by atoms with Crippen LogP contribution in [0.4, 0.5) is 13.6 Å². The minimum atomic E-state index is -4.45. The van der Waals surface area contributed by atoms with Crippen LogP contribution in [-0.2, 0) is 10.0 Å². The molecule has 2 amide bonds. The number of para-hydroxylation sites is 1. The zero-order valence-corrected chi connectivity index (χ0v) is 14.6. The second-order valence-electron chi connectivity index (χ2n) is 5.45. The average Bonchev–Trinajstić information content (AvgIpc) is 3.12. The third-order valence-electron chi connectivity index (χ3n) is 3.71. The van der Waals surface area contributed by atoms with E-state index >= 15 is 0 Å². The van der Waals surface area contributed by atoms with Crippen molar-refractivity contribution in [2.75, 3.05) is 0 Å². The van der Waals surface area contributed by atoms with Gasteiger partial charge in [-0.25, -0.2) is 22.9 Å². The number of nitrogens with one attached hydrogen (secondary N) is 2. The normalized spacial score (nSPS) is 16.3. The molecule has 1 unspecified atom stereocenters. The van der Waals surface area contributed by atoms with Gasteiger partial charge < -0.3 is 10.2 Å². The molecule has 0 saturated carbocycles. The van der Waals surface area contributed by atoms with Gasteiger partial charge in [-0.2, -0.15) is 8.78 Å². The van der Waals surface area contributed by atoms with Gasteiger partial charge in [0.15, 0.2) is 0 Å². The Bertz CT molecular complexity index is 952. The molecule has 1 aliphatic rings. The van der Waals surface area contributed by atoms with Gasteiger partial charge in [0.05, 0.1) is 6.04 Å². The number of carbonyl (C=O) groups excluding carboxylic acids is 1. The van der Waals surface area contributed by atoms with Gasteiger partial charge >= 0.3 is 12.6 Å². The number of nitrogens with zero attached hydrogens (tertiary/aromatic N) is 1. The number of hydrazine groups is 1. The molecule has 3 rings (SSSR count). The molecular formula is C17H15F2N3O4S. The van der Waals surface area contributed by atoms with Crippen molar-refractivity contribution >= 4 is 16.1 Å². The number of amides is 2. The lowest BCUT2D eigenvalue weighted by Crippen LogP contribution is -2.47. The Hall–Kier alpha value is -3.14. The largest absolute Gasteiger partial charge is 0.433 e. The Labute approximate surface area is 154 Å². The van der Waals surface area contributed by atoms with E-state index in [2.05, 4.69) is 10.2 Å². The molecule has 0 saturated heterocycles. The third kappa shape index (κ3) is 4.17. The van der Waals surface area contributed by atoms with Gasteiger partial charge in [0.25, 0.3) is 10.0 Å². The molecule has 10 heteroatoms. The fraction of sp³-hybridized carbons (Fsp3) is 0.118. The number of ether oxygens (including phenoxy) is 1. The molecule has 0 spiro atoms. The molecule has 1 heterocycles. The third-order valence-corrected chi connectivity index (χ3v) is 5.07. The first-order chi connectivity index (χ1) is 12.9. The fourth-order valence-electron chi connectivity index (χ4n) is 2.56. The minimum absolute atomic E-state index is 0.533. The van der Waals surface area contributed by atoms with Crippen LogP contribution >= 0.6 is 0 Å². The predicted octanol–water partition coefficient (Wildman–Crippen LogP) is 2.76. The van der Waals surface area contributed by atoms with Gasteiger partial charge in [0.2, 0.25) is 0 Å². The summed E-state index contributed by atoms with van der Waals surface area (Å²) in [6.07, 6.45) is 3.17. The number of carbonyl (C=O) groups is 1. The SMILES string of the molecule is O=C(NS(=O)(=O)c1ccccc1OC(F)F)N1NC=CC1c1ccccc1. The van der Waals surface area contributed by atoms with E-state index in [4.69, 9.17) is 0 Å². The van der Waals surface area contributed by atoms with Crippen LogP contribution in [0.1, 0.15) is 11.6 Å². The number of hydrogen-bond donors (Lipinski definition) is 2. The van der Waals surface area contributed by atoms with Crippen LogP contribution in [-0.4, -0.2) is 26.1 Å². The molecule has 142 valence electrons. The van der Waals surface area contributed by atoms with E-state index < -0.39 is 39.4 Å². The van der Waals surface area contributed by atoms with Crippen LogP contribution in [0.5, 0.6) is 5.75 Å². The van der Waals surface area contributed by atoms with Crippen molar-refractivity contribution in [2.24, 2.45) is 0 Å². The summed E-state index contributed by atoms with van der Waals surface area (Å²) in [6.45, 7) is -3.20. The van der Waals surface area contributed by atoms with E-state index in [0.29, 0.717) is 0 Å². The standard InChI is InChI=1S/C17H15F2N3O4S/c18-16(19)26-14-8-4-5-9-15(14)27(24,25)21-17(23)22-13(10-11-20-22)12-6-2-1-3-7-12/h1-11,13,16,20H,(H,21,23). The Kier molecular flexibility index (Phi) is 5.26. The summed E-state index contributed by atoms with van der Waals surface area (Å²) in [5.41, 5.74) is 3.41. The molecule has 0 bridgehead atoms. The van der Waals surface area contributed by atoms with Crippen molar-refractivity contribution in [1.29, 1.82) is 0 Å². The molecular weight excluding hydrogens is 380 g/mol. The minimum Gasteiger partial charge on any atom is -0.433 e. The maximum Gasteiger partial charge on any atom is 0.387 e. The summed E-state index contributed by atoms with van der Waals surface area (Å²) in [5.74, 6) is -0.556. The first-order valence-corrected chi connectivity index (χ1v) is 9.24. The fourth-order valence-corrected chi connectivity index (χ4v) is 3.64. The van der Waals surface area contributed by atoms with Crippen LogP contribution in [0.2, 0.25) is 0 Å². The molecule has 27 heavy (non-hydrogen) atoms. The summed E-state index contributed by atoms with van der Waals surface area (Å²) in [4.78, 5) is 11.9. The van der Waals surface area contributed by atoms with Crippen LogP contribution in [0.3, 0.4) is 0 Å². The van der Waals surface area contributed by atoms with Crippen molar-refractivity contribution in [3.63, 3.8) is 0 Å². The monoisotopic (exact) mass is 395 g/mol. The van der Waals surface area contributed by atoms with E-state index in [1.807, 2.05) is 10.8 Å². The summed E-state index contributed by atoms with van der Waals surface area (Å²) < 4.78 is 56.1. The second kappa shape index (κ2) is 7.62. The van der Waals surface area contributed by atoms with Gasteiger partial charge in [-0.3, -0.25) is 0 Å². The first-order valence-electron chi connectivity index (χ1n) is 7.76. The van der Waals surface area contributed by atoms with E-state index in [1.54, 1.807) is 30.3 Å². The summed E-state index contributed by atoms with van der Waals surface area (Å²) in [7, 11) is -4.45. The number of benzene rings is 2. The lowest BCUT2D eigenvalue weighted by Gasteiger charge is -2.25. The maximum absolute atomic E-state index is 12.5. The summed E-state index contributed by atoms with van der Waals surface area (Å²) >= 11 is 0. The van der Waals surface area contributed by atoms with E-state index in [1.165, 1.54) is 18.3 Å². The van der Waals surface area contributed by atoms with Gasteiger partial charge in [0.1, 0.15) is 10.6 Å². The van der Waals surface area contributed by atoms with Gasteiger partial charge in [-0.05, 0) is 23.8 Å². The van der Waals surface area contributed by atoms with Crippen LogP contribution < -0.4 is 14.9 Å². The number of rotatable bonds is 5. The zero-order valence-electron chi connectivity index (χ0n) is 13.7. The molecule has 2 aromatic rings. The molecule has 0 aromatic heterocycles. The maximum atomic E-state index is 12.5. The number of halogens is 2. The number of urea groups is 1. The molecule has 1 atom stereocenters. The molecule has 7 nitrogen and oxygen atoms in total. The predicted molar refractivity (Wildman–Crippen MR) is 92.1 cm³/mol. The van der Waals surface area contributed by atoms with E-state index in [9.17, 15) is 22.0 Å². The summed E-state index contributed by atoms with van der Waals surface area (Å²) in [6, 6.07) is 12.3. The first kappa shape index (κ1) is 18.6. The van der Waals surface area contributed by atoms with Gasteiger partial charge in [-0.15, -0.1) is 0 Å². The smallest absolute Gasteiger partial charge is 0.387 e. The summed E-state index contributed by atoms with van der Waals surface area (Å²) in [5, 5.41) is 1.07. The Morgan fingerprint density at radius 1 is 1.11 bits per heavy atom. The molecule has 0 aliphatic carbocycles. The number of alkyl halides is 2. The lowest BCUT2D eigenvalue weighted by molar-refractivity contribution is -0.0517. The van der Waals surface area contributed by atoms with Gasteiger partial charge in [-0.1, -0.05) is 42.5 Å². The Balaban J connectivity index is 1.81. The van der Waals surface area contributed by atoms with Crippen molar-refractivity contribution in [2.45, 2.75) is 17.5 Å². The molecule has 0 fully saturated rings.